The number of fused-ring (bicyclic) bond motifs is 3. The highest BCUT2D eigenvalue weighted by Crippen LogP contribution is 2.53. The number of nitrogens with one attached hydrogen (secondary N) is 2. The van der Waals surface area contributed by atoms with Crippen LogP contribution in [0.25, 0.3) is 0 Å². The van der Waals surface area contributed by atoms with Gasteiger partial charge in [-0.25, -0.2) is 0 Å². The van der Waals surface area contributed by atoms with E-state index in [0.717, 1.165) is 0 Å². The number of carbonyl (C=O) groups is 4. The summed E-state index contributed by atoms with van der Waals surface area (Å²) in [7, 11) is 6.62. The van der Waals surface area contributed by atoms with Crippen LogP contribution >= 0.6 is 0 Å². The van der Waals surface area contributed by atoms with E-state index in [0.29, 0.717) is 11.3 Å². The molecule has 2 unspecified atom stereocenters. The Kier molecular flexibility index (Phi) is 7.68. The largest absolute Gasteiger partial charge is 0.510 e. The molecule has 0 fully saturated rings. The van der Waals surface area contributed by atoms with Crippen molar-refractivity contribution in [3.05, 3.63) is 39.9 Å². The number of ketones is 2. The third-order valence-electron chi connectivity index (χ3n) is 8.23. The summed E-state index contributed by atoms with van der Waals surface area (Å²) in [5.74, 6) is -7.79. The summed E-state index contributed by atoms with van der Waals surface area (Å²) in [6, 6.07) is 0.487. The van der Waals surface area contributed by atoms with Crippen LogP contribution in [-0.2, 0) is 20.8 Å². The predicted octanol–water partition coefficient (Wildman–Crippen LogP) is 0.513. The van der Waals surface area contributed by atoms with Gasteiger partial charge in [0.05, 0.1) is 23.8 Å². The molecule has 0 aromatic heterocycles. The van der Waals surface area contributed by atoms with E-state index in [1.807, 2.05) is 20.8 Å². The molecule has 0 radical (unpaired) electrons. The van der Waals surface area contributed by atoms with E-state index < -0.39 is 69.7 Å². The lowest BCUT2D eigenvalue weighted by Gasteiger charge is -2.50. The van der Waals surface area contributed by atoms with Gasteiger partial charge < -0.3 is 41.7 Å². The monoisotopic (exact) mass is 585 g/mol. The maximum atomic E-state index is 14.1. The van der Waals surface area contributed by atoms with E-state index in [4.69, 9.17) is 5.73 Å². The first-order valence-corrected chi connectivity index (χ1v) is 13.6. The molecule has 3 aliphatic carbocycles. The molecule has 0 saturated heterocycles. The van der Waals surface area contributed by atoms with E-state index >= 15 is 0 Å². The van der Waals surface area contributed by atoms with Gasteiger partial charge in [-0.3, -0.25) is 24.1 Å². The van der Waals surface area contributed by atoms with E-state index in [9.17, 15) is 39.6 Å². The van der Waals surface area contributed by atoms with Crippen LogP contribution in [0.15, 0.2) is 28.7 Å². The number of aromatic hydroxyl groups is 1. The quantitative estimate of drug-likeness (QED) is 0.181. The van der Waals surface area contributed by atoms with Crippen molar-refractivity contribution in [3.63, 3.8) is 0 Å². The average Bonchev–Trinajstić information content (AvgIpc) is 2.85. The maximum absolute atomic E-state index is 14.1. The molecule has 2 amide bonds. The van der Waals surface area contributed by atoms with Crippen LogP contribution in [0.2, 0.25) is 0 Å². The second kappa shape index (κ2) is 10.4. The fraction of sp³-hybridized carbons (Fsp3) is 0.517. The number of phenols is 1. The zero-order valence-corrected chi connectivity index (χ0v) is 24.8. The van der Waals surface area contributed by atoms with Gasteiger partial charge in [0, 0.05) is 36.8 Å². The number of carbonyl (C=O) groups excluding carboxylic acids is 4. The number of Topliss-reactive ketones (excluding diaryl/α,β-unsaturated/α-hetero) is 2. The van der Waals surface area contributed by atoms with E-state index in [1.54, 1.807) is 39.2 Å². The molecule has 3 aliphatic rings. The van der Waals surface area contributed by atoms with Crippen LogP contribution in [0.1, 0.15) is 43.1 Å². The Bertz CT molecular complexity index is 1450. The second-order valence-electron chi connectivity index (χ2n) is 12.7. The highest BCUT2D eigenvalue weighted by atomic mass is 16.3. The molecule has 228 valence electrons. The van der Waals surface area contributed by atoms with Gasteiger partial charge in [-0.1, -0.05) is 0 Å². The molecule has 0 aliphatic heterocycles. The van der Waals surface area contributed by atoms with E-state index in [1.165, 1.54) is 4.90 Å². The molecular weight excluding hydrogens is 546 g/mol. The Balaban J connectivity index is 1.87. The topological polar surface area (TPSA) is 206 Å². The number of nitrogens with zero attached hydrogens (tertiary/aromatic N) is 2. The van der Waals surface area contributed by atoms with Gasteiger partial charge in [0.2, 0.25) is 11.7 Å². The molecular formula is C29H39N5O8. The summed E-state index contributed by atoms with van der Waals surface area (Å²) in [4.78, 5) is 55.6. The molecule has 4 rings (SSSR count). The number of rotatable bonds is 6. The van der Waals surface area contributed by atoms with Crippen LogP contribution in [0.3, 0.4) is 0 Å². The Hall–Kier alpha value is -3.94. The number of phenolic OH excluding ortho intramolecular Hbond substituents is 1. The van der Waals surface area contributed by atoms with Gasteiger partial charge in [-0.2, -0.15) is 0 Å². The summed E-state index contributed by atoms with van der Waals surface area (Å²) in [5.41, 5.74) is 1.96. The number of aliphatic hydroxyl groups is 3. The normalized spacial score (nSPS) is 25.7. The molecule has 13 heteroatoms. The van der Waals surface area contributed by atoms with Gasteiger partial charge in [-0.05, 0) is 65.3 Å². The molecule has 1 aromatic rings. The number of anilines is 2. The van der Waals surface area contributed by atoms with Crippen LogP contribution in [0.4, 0.5) is 11.4 Å². The van der Waals surface area contributed by atoms with Crippen LogP contribution in [0, 0.1) is 11.8 Å². The highest BCUT2D eigenvalue weighted by molar-refractivity contribution is 6.25. The fourth-order valence-electron chi connectivity index (χ4n) is 6.33. The fourth-order valence-corrected chi connectivity index (χ4v) is 6.33. The van der Waals surface area contributed by atoms with Gasteiger partial charge in [0.15, 0.2) is 17.1 Å². The number of benzene rings is 1. The number of hydrogen-bond acceptors (Lipinski definition) is 11. The van der Waals surface area contributed by atoms with Crippen molar-refractivity contribution in [2.75, 3.05) is 45.0 Å². The Morgan fingerprint density at radius 2 is 1.74 bits per heavy atom. The van der Waals surface area contributed by atoms with E-state index in [-0.39, 0.29) is 41.7 Å². The molecule has 0 spiro atoms. The summed E-state index contributed by atoms with van der Waals surface area (Å²) in [6.45, 7) is 5.60. The number of amides is 2. The number of primary amides is 1. The summed E-state index contributed by atoms with van der Waals surface area (Å²) in [5, 5.41) is 51.1. The molecule has 0 heterocycles. The number of nitrogens with two attached hydrogens (primary N) is 1. The highest BCUT2D eigenvalue weighted by Gasteiger charge is 2.63. The first-order chi connectivity index (χ1) is 19.3. The lowest BCUT2D eigenvalue weighted by Crippen LogP contribution is -2.63. The maximum Gasteiger partial charge on any atom is 0.255 e. The zero-order chi connectivity index (χ0) is 31.6. The van der Waals surface area contributed by atoms with Crippen molar-refractivity contribution in [2.24, 2.45) is 17.6 Å². The molecule has 0 bridgehead atoms. The van der Waals surface area contributed by atoms with Gasteiger partial charge in [0.25, 0.3) is 5.91 Å². The lowest BCUT2D eigenvalue weighted by molar-refractivity contribution is -0.148. The zero-order valence-electron chi connectivity index (χ0n) is 24.8. The van der Waals surface area contributed by atoms with Gasteiger partial charge >= 0.3 is 0 Å². The van der Waals surface area contributed by atoms with Crippen molar-refractivity contribution in [1.29, 1.82) is 0 Å². The number of allylic oxidation sites excluding steroid dienone is 1. The van der Waals surface area contributed by atoms with Crippen molar-refractivity contribution < 1.29 is 39.6 Å². The van der Waals surface area contributed by atoms with Crippen molar-refractivity contribution in [3.8, 4) is 5.75 Å². The lowest BCUT2D eigenvalue weighted by atomic mass is 9.58. The molecule has 4 atom stereocenters. The minimum Gasteiger partial charge on any atom is -0.510 e. The van der Waals surface area contributed by atoms with Gasteiger partial charge in [-0.15, -0.1) is 0 Å². The molecule has 1 aromatic carbocycles. The van der Waals surface area contributed by atoms with Crippen LogP contribution < -0.4 is 21.3 Å². The first-order valence-electron chi connectivity index (χ1n) is 13.6. The Morgan fingerprint density at radius 1 is 1.12 bits per heavy atom. The van der Waals surface area contributed by atoms with Crippen LogP contribution in [0.5, 0.6) is 5.75 Å². The molecule has 13 nitrogen and oxygen atoms in total. The summed E-state index contributed by atoms with van der Waals surface area (Å²) in [6.07, 6.45) is 0.117. The molecule has 42 heavy (non-hydrogen) atoms. The third kappa shape index (κ3) is 4.80. The van der Waals surface area contributed by atoms with E-state index in [2.05, 4.69) is 10.6 Å². The predicted molar refractivity (Wildman–Crippen MR) is 154 cm³/mol. The second-order valence-corrected chi connectivity index (χ2v) is 12.7. The SMILES string of the molecule is CN(C)c1cc(NC(=O)CNC(C)(C)C)c(O)c2c1CC1CC3[C@@H](N(C)C)C(O)=C(C(N)=O)C(=O)[C@@]3(O)C(O)=C1C2=O. The molecule has 0 saturated carbocycles. The Labute approximate surface area is 243 Å². The first kappa shape index (κ1) is 31.0. The summed E-state index contributed by atoms with van der Waals surface area (Å²) >= 11 is 0. The minimum atomic E-state index is -2.73. The van der Waals surface area contributed by atoms with Crippen LogP contribution in [-0.4, -0.2) is 101 Å². The van der Waals surface area contributed by atoms with Crippen molar-refractivity contribution in [2.45, 2.75) is 50.8 Å². The minimum absolute atomic E-state index is 0.0175. The third-order valence-corrected chi connectivity index (χ3v) is 8.23. The number of aliphatic hydroxyl groups excluding tert-OH is 2. The van der Waals surface area contributed by atoms with Crippen molar-refractivity contribution in [1.82, 2.24) is 10.2 Å². The average molecular weight is 586 g/mol. The summed E-state index contributed by atoms with van der Waals surface area (Å²) < 4.78 is 0. The van der Waals surface area contributed by atoms with Gasteiger partial charge in [0.1, 0.15) is 17.1 Å². The number of hydrogen-bond donors (Lipinski definition) is 7. The Morgan fingerprint density at radius 3 is 2.26 bits per heavy atom. The number of likely N-dealkylation sites (N-methyl/N-ethyl adjacent to an activating group) is 1. The molecule has 8 N–H and O–H groups in total. The standard InChI is InChI=1S/C29H39N5O8/c1-28(2,3)31-11-17(35)32-15-10-16(33(4)5)13-8-12-9-14-21(34(6)7)24(38)20(27(30)41)26(40)29(14,42)25(39)18(12)23(37)19(13)22(15)36/h10,12,14,21,31,36,38-39,42H,8-9,11H2,1-7H3,(H2,30,41)(H,32,35)/t12?,14?,21-,29+/m1/s1. The smallest absolute Gasteiger partial charge is 0.255 e. The van der Waals surface area contributed by atoms with Crippen molar-refractivity contribution >= 4 is 34.8 Å².